The second-order valence-electron chi connectivity index (χ2n) is 16.9. The molecule has 1 aromatic heterocycles. The van der Waals surface area contributed by atoms with E-state index in [-0.39, 0.29) is 70.1 Å². The fourth-order valence-corrected chi connectivity index (χ4v) is 11.5. The number of hydrogen-bond donors (Lipinski definition) is 3. The predicted molar refractivity (Wildman–Crippen MR) is 198 cm³/mol. The van der Waals surface area contributed by atoms with Gasteiger partial charge in [0.2, 0.25) is 5.43 Å². The van der Waals surface area contributed by atoms with E-state index in [0.717, 1.165) is 56.6 Å². The molecule has 5 fully saturated rings. The van der Waals surface area contributed by atoms with E-state index in [0.29, 0.717) is 31.4 Å². The molecular weight excluding hydrogens is 701 g/mol. The van der Waals surface area contributed by atoms with Gasteiger partial charge in [-0.05, 0) is 87.8 Å². The maximum atomic E-state index is 15.8. The number of allylic oxidation sites excluding steroid dienone is 4. The molecule has 4 N–H and O–H groups in total. The Balaban J connectivity index is 1.000. The number of fused-ring (bicyclic) bond motifs is 6. The van der Waals surface area contributed by atoms with Gasteiger partial charge < -0.3 is 30.2 Å². The van der Waals surface area contributed by atoms with Gasteiger partial charge in [0.1, 0.15) is 23.6 Å². The highest BCUT2D eigenvalue weighted by Gasteiger charge is 2.68. The van der Waals surface area contributed by atoms with Gasteiger partial charge in [0, 0.05) is 48.1 Å². The van der Waals surface area contributed by atoms with Gasteiger partial charge in [0.05, 0.1) is 34.1 Å². The number of esters is 1. The van der Waals surface area contributed by atoms with Crippen molar-refractivity contribution >= 4 is 45.7 Å². The summed E-state index contributed by atoms with van der Waals surface area (Å²) < 4.78 is 23.0. The molecule has 53 heavy (non-hydrogen) atoms. The minimum Gasteiger partial charge on any atom is -0.461 e. The Bertz CT molecular complexity index is 2030. The molecule has 4 saturated carbocycles. The Morgan fingerprint density at radius 3 is 2.68 bits per heavy atom. The molecule has 1 saturated heterocycles. The number of halogens is 2. The minimum atomic E-state index is -1.78. The third-order valence-corrected chi connectivity index (χ3v) is 14.3. The van der Waals surface area contributed by atoms with Crippen LogP contribution in [0.1, 0.15) is 94.5 Å². The molecular formula is C41H48ClFN3O7. The van der Waals surface area contributed by atoms with Crippen LogP contribution in [-0.2, 0) is 14.3 Å². The highest BCUT2D eigenvalue weighted by molar-refractivity contribution is 6.38. The van der Waals surface area contributed by atoms with Crippen molar-refractivity contribution < 1.29 is 33.7 Å². The Morgan fingerprint density at radius 2 is 1.92 bits per heavy atom. The number of rotatable bonds is 7. The summed E-state index contributed by atoms with van der Waals surface area (Å²) in [5.41, 5.74) is 3.67. The largest absolute Gasteiger partial charge is 0.461 e. The van der Waals surface area contributed by atoms with Crippen molar-refractivity contribution in [2.75, 3.05) is 24.6 Å². The Labute approximate surface area is 313 Å². The highest BCUT2D eigenvalue weighted by Crippen LogP contribution is 2.67. The molecule has 8 rings (SSSR count). The molecule has 1 unspecified atom stereocenters. The monoisotopic (exact) mass is 748 g/mol. The van der Waals surface area contributed by atoms with E-state index < -0.39 is 52.1 Å². The quantitative estimate of drug-likeness (QED) is 0.317. The average molecular weight is 749 g/mol. The van der Waals surface area contributed by atoms with E-state index in [1.54, 1.807) is 16.7 Å². The van der Waals surface area contributed by atoms with Crippen molar-refractivity contribution in [2.45, 2.75) is 102 Å². The Morgan fingerprint density at radius 1 is 1.15 bits per heavy atom. The van der Waals surface area contributed by atoms with Crippen molar-refractivity contribution in [1.82, 2.24) is 4.57 Å². The summed E-state index contributed by atoms with van der Waals surface area (Å²) >= 11 is 6.91. The number of nitrogens with two attached hydrogens (primary N) is 1. The molecule has 10 nitrogen and oxygen atoms in total. The number of anilines is 1. The Hall–Kier alpha value is -3.38. The number of hydrogen-bond acceptors (Lipinski definition) is 9. The molecule has 0 bridgehead atoms. The first-order valence-electron chi connectivity index (χ1n) is 19.1. The van der Waals surface area contributed by atoms with Crippen molar-refractivity contribution in [2.24, 2.45) is 34.3 Å². The number of aliphatic hydroxyl groups excluding tert-OH is 1. The van der Waals surface area contributed by atoms with E-state index in [1.807, 2.05) is 17.9 Å². The third kappa shape index (κ3) is 5.75. The normalized spacial score (nSPS) is 35.3. The lowest BCUT2D eigenvalue weighted by Crippen LogP contribution is -2.61. The summed E-state index contributed by atoms with van der Waals surface area (Å²) in [7, 11) is 0. The topological polar surface area (TPSA) is 152 Å². The van der Waals surface area contributed by atoms with Crippen LogP contribution >= 0.6 is 11.6 Å². The van der Waals surface area contributed by atoms with Crippen LogP contribution in [0.4, 0.5) is 10.1 Å². The molecule has 1 aliphatic heterocycles. The maximum absolute atomic E-state index is 15.8. The lowest BCUT2D eigenvalue weighted by Gasteiger charge is -2.59. The summed E-state index contributed by atoms with van der Waals surface area (Å²) in [5.74, 6) is -2.40. The standard InChI is InChI=1S/C41H48ClFN3O7/c1-39-13-10-25(47)17-22(39)6-9-26-29-11-14-41(52,40(29,2)19-31(48)33(26)39)32(49)12-16-53-38(51)28-21-46(24-7-8-24)35-27(37(28)50)18-30(43)36(34(35)42)45-15-4-3-5-23(44)20-45/h10,12-13,17-18,21,23-24,26,29,31,33,48,52H,3-9,11,14-16,19-20,44H2,1-2H3/t23-,26+,29+,31+,33?,39+,40+,41+/m1/s1. The number of carbonyl (C=O) groups is 3. The van der Waals surface area contributed by atoms with Gasteiger partial charge in [0.25, 0.3) is 0 Å². The predicted octanol–water partition coefficient (Wildman–Crippen LogP) is 5.39. The molecule has 283 valence electrons. The average Bonchev–Trinajstić information content (AvgIpc) is 3.93. The summed E-state index contributed by atoms with van der Waals surface area (Å²) in [4.78, 5) is 55.1. The number of ketones is 2. The molecule has 5 aliphatic carbocycles. The van der Waals surface area contributed by atoms with Gasteiger partial charge >= 0.3 is 5.97 Å². The number of nitrogens with zero attached hydrogens (tertiary/aromatic N) is 2. The SMILES string of the molecule is C[C@]12C=CC(=O)C=C1CC[C@@H]1C2[C@@H](O)C[C@@]2(C)[C@H]1CC[C@]2(O)C(=O)[CH]COC(=O)c1cn(C2CC2)c2c(Cl)c(N3CCCC[C@@H](N)C3)c(F)cc2c1=O. The van der Waals surface area contributed by atoms with Crippen LogP contribution in [-0.4, -0.2) is 69.8 Å². The third-order valence-electron chi connectivity index (χ3n) is 13.9. The zero-order valence-corrected chi connectivity index (χ0v) is 31.0. The van der Waals surface area contributed by atoms with Crippen molar-refractivity contribution in [3.8, 4) is 0 Å². The first-order chi connectivity index (χ1) is 25.2. The van der Waals surface area contributed by atoms with Crippen LogP contribution in [0.25, 0.3) is 10.9 Å². The molecule has 1 radical (unpaired) electrons. The van der Waals surface area contributed by atoms with Gasteiger partial charge in [-0.3, -0.25) is 14.4 Å². The number of Topliss-reactive ketones (excluding diaryl/α,β-unsaturated/α-hetero) is 1. The first kappa shape index (κ1) is 36.6. The molecule has 12 heteroatoms. The van der Waals surface area contributed by atoms with Crippen LogP contribution in [0.2, 0.25) is 5.02 Å². The first-order valence-corrected chi connectivity index (χ1v) is 19.5. The maximum Gasteiger partial charge on any atom is 0.343 e. The van der Waals surface area contributed by atoms with Gasteiger partial charge in [-0.2, -0.15) is 0 Å². The summed E-state index contributed by atoms with van der Waals surface area (Å²) in [6.07, 6.45) is 13.6. The van der Waals surface area contributed by atoms with Crippen LogP contribution < -0.4 is 16.1 Å². The van der Waals surface area contributed by atoms with Crippen molar-refractivity contribution in [3.63, 3.8) is 0 Å². The van der Waals surface area contributed by atoms with Gasteiger partial charge in [-0.1, -0.05) is 43.5 Å². The molecule has 2 aromatic rings. The van der Waals surface area contributed by atoms with E-state index in [1.165, 1.54) is 6.20 Å². The zero-order valence-electron chi connectivity index (χ0n) is 30.3. The van der Waals surface area contributed by atoms with E-state index in [9.17, 15) is 29.4 Å². The minimum absolute atomic E-state index is 0.0262. The smallest absolute Gasteiger partial charge is 0.343 e. The fraction of sp³-hybridized carbons (Fsp3) is 0.585. The van der Waals surface area contributed by atoms with Crippen LogP contribution in [0.3, 0.4) is 0 Å². The number of aliphatic hydroxyl groups is 2. The second kappa shape index (κ2) is 13.1. The molecule has 1 aromatic carbocycles. The zero-order chi connectivity index (χ0) is 37.6. The van der Waals surface area contributed by atoms with Crippen LogP contribution in [0, 0.1) is 40.8 Å². The summed E-state index contributed by atoms with van der Waals surface area (Å²) in [6.45, 7) is 4.48. The molecule has 6 aliphatic rings. The van der Waals surface area contributed by atoms with E-state index >= 15 is 4.39 Å². The molecule has 0 amide bonds. The second-order valence-corrected chi connectivity index (χ2v) is 17.3. The summed E-state index contributed by atoms with van der Waals surface area (Å²) in [6, 6.07) is 0.983. The number of ether oxygens (including phenoxy) is 1. The lowest BCUT2D eigenvalue weighted by molar-refractivity contribution is -0.174. The van der Waals surface area contributed by atoms with Gasteiger partial charge in [-0.25, -0.2) is 9.18 Å². The number of benzene rings is 1. The fourth-order valence-electron chi connectivity index (χ4n) is 11.1. The van der Waals surface area contributed by atoms with E-state index in [2.05, 4.69) is 6.92 Å². The Kier molecular flexibility index (Phi) is 9.07. The number of aromatic nitrogens is 1. The number of pyridine rings is 1. The van der Waals surface area contributed by atoms with Crippen molar-refractivity contribution in [3.05, 3.63) is 69.1 Å². The molecule has 8 atom stereocenters. The molecule has 0 spiro atoms. The van der Waals surface area contributed by atoms with Crippen molar-refractivity contribution in [1.29, 1.82) is 0 Å². The summed E-state index contributed by atoms with van der Waals surface area (Å²) in [5, 5.41) is 23.8. The highest BCUT2D eigenvalue weighted by atomic mass is 35.5. The van der Waals surface area contributed by atoms with Gasteiger partial charge in [0.15, 0.2) is 11.6 Å². The van der Waals surface area contributed by atoms with Crippen LogP contribution in [0.15, 0.2) is 40.9 Å². The molecule has 2 heterocycles. The van der Waals surface area contributed by atoms with Crippen LogP contribution in [0.5, 0.6) is 0 Å². The van der Waals surface area contributed by atoms with E-state index in [4.69, 9.17) is 22.1 Å². The van der Waals surface area contributed by atoms with Gasteiger partial charge in [-0.15, -0.1) is 0 Å². The number of carbonyl (C=O) groups excluding carboxylic acids is 3. The lowest BCUT2D eigenvalue weighted by atomic mass is 9.46.